The lowest BCUT2D eigenvalue weighted by molar-refractivity contribution is -0.0202. The third kappa shape index (κ3) is 3.61. The zero-order chi connectivity index (χ0) is 19.8. The van der Waals surface area contributed by atoms with Crippen LogP contribution in [0, 0.1) is 17.1 Å². The minimum absolute atomic E-state index is 0.160. The molecule has 5 heteroatoms. The molecule has 5 rings (SSSR count). The molecule has 1 saturated heterocycles. The Labute approximate surface area is 169 Å². The summed E-state index contributed by atoms with van der Waals surface area (Å²) in [6, 6.07) is 15.1. The molecule has 0 amide bonds. The number of likely N-dealkylation sites (tertiary alicyclic amines) is 1. The summed E-state index contributed by atoms with van der Waals surface area (Å²) in [4.78, 5) is 5.87. The van der Waals surface area contributed by atoms with E-state index in [-0.39, 0.29) is 11.9 Å². The molecule has 1 saturated carbocycles. The first-order chi connectivity index (χ1) is 14.2. The van der Waals surface area contributed by atoms with E-state index in [0.717, 1.165) is 24.2 Å². The molecule has 4 nitrogen and oxygen atoms in total. The van der Waals surface area contributed by atoms with E-state index < -0.39 is 0 Å². The summed E-state index contributed by atoms with van der Waals surface area (Å²) < 4.78 is 19.2. The number of aromatic nitrogens is 1. The third-order valence-electron chi connectivity index (χ3n) is 6.47. The molecule has 1 N–H and O–H groups in total. The summed E-state index contributed by atoms with van der Waals surface area (Å²) in [5.74, 6) is 0.917. The van der Waals surface area contributed by atoms with E-state index in [0.29, 0.717) is 17.7 Å². The molecule has 3 aromatic rings. The maximum Gasteiger partial charge on any atom is 0.126 e. The summed E-state index contributed by atoms with van der Waals surface area (Å²) in [5, 5.41) is 10.4. The van der Waals surface area contributed by atoms with Gasteiger partial charge in [-0.15, -0.1) is 0 Å². The van der Waals surface area contributed by atoms with Crippen LogP contribution in [0.25, 0.3) is 10.9 Å². The van der Waals surface area contributed by atoms with Crippen molar-refractivity contribution in [3.05, 3.63) is 65.6 Å². The van der Waals surface area contributed by atoms with Gasteiger partial charge in [-0.1, -0.05) is 6.07 Å². The lowest BCUT2D eigenvalue weighted by Crippen LogP contribution is -2.58. The first-order valence-corrected chi connectivity index (χ1v) is 10.4. The standard InChI is InChI=1S/C24H24FN3O/c25-18-2-1-3-20(11-18)29-21-14-28(15-21)19-7-5-17(6-8-19)23-13-27-24-9-4-16(12-26)10-22(23)24/h1-4,9-11,13,17,19,21,27H,5-8,14-15H2/t17-,19+. The fraction of sp³-hybridized carbons (Fsp3) is 0.375. The number of nitriles is 1. The molecule has 29 heavy (non-hydrogen) atoms. The van der Waals surface area contributed by atoms with Gasteiger partial charge in [0.2, 0.25) is 0 Å². The minimum Gasteiger partial charge on any atom is -0.488 e. The quantitative estimate of drug-likeness (QED) is 0.686. The molecular weight excluding hydrogens is 365 g/mol. The number of hydrogen-bond acceptors (Lipinski definition) is 3. The topological polar surface area (TPSA) is 52.0 Å². The monoisotopic (exact) mass is 389 g/mol. The predicted octanol–water partition coefficient (Wildman–Crippen LogP) is 4.97. The lowest BCUT2D eigenvalue weighted by Gasteiger charge is -2.46. The summed E-state index contributed by atoms with van der Waals surface area (Å²) in [5.41, 5.74) is 3.18. The number of nitrogens with one attached hydrogen (secondary N) is 1. The molecule has 0 radical (unpaired) electrons. The highest BCUT2D eigenvalue weighted by Gasteiger charge is 2.36. The highest BCUT2D eigenvalue weighted by molar-refractivity contribution is 5.85. The molecule has 0 unspecified atom stereocenters. The van der Waals surface area contributed by atoms with Crippen LogP contribution in [0.2, 0.25) is 0 Å². The third-order valence-corrected chi connectivity index (χ3v) is 6.47. The Morgan fingerprint density at radius 2 is 1.90 bits per heavy atom. The molecule has 1 aliphatic heterocycles. The molecule has 2 heterocycles. The first-order valence-electron chi connectivity index (χ1n) is 10.4. The van der Waals surface area contributed by atoms with Crippen LogP contribution in [-0.4, -0.2) is 35.1 Å². The van der Waals surface area contributed by atoms with Crippen molar-refractivity contribution in [2.45, 2.75) is 43.7 Å². The van der Waals surface area contributed by atoms with Crippen molar-refractivity contribution in [1.29, 1.82) is 5.26 Å². The van der Waals surface area contributed by atoms with Gasteiger partial charge < -0.3 is 9.72 Å². The van der Waals surface area contributed by atoms with Crippen LogP contribution >= 0.6 is 0 Å². The van der Waals surface area contributed by atoms with Gasteiger partial charge in [-0.3, -0.25) is 4.90 Å². The van der Waals surface area contributed by atoms with E-state index >= 15 is 0 Å². The van der Waals surface area contributed by atoms with E-state index in [4.69, 9.17) is 4.74 Å². The van der Waals surface area contributed by atoms with Crippen molar-refractivity contribution in [2.24, 2.45) is 0 Å². The van der Waals surface area contributed by atoms with Gasteiger partial charge in [-0.25, -0.2) is 4.39 Å². The van der Waals surface area contributed by atoms with Gasteiger partial charge in [0.1, 0.15) is 17.7 Å². The molecule has 0 bridgehead atoms. The van der Waals surface area contributed by atoms with Crippen molar-refractivity contribution in [3.8, 4) is 11.8 Å². The molecule has 0 spiro atoms. The Bertz CT molecular complexity index is 1060. The zero-order valence-corrected chi connectivity index (χ0v) is 16.3. The van der Waals surface area contributed by atoms with Crippen molar-refractivity contribution in [1.82, 2.24) is 9.88 Å². The van der Waals surface area contributed by atoms with E-state index in [1.807, 2.05) is 24.3 Å². The molecule has 1 aliphatic carbocycles. The van der Waals surface area contributed by atoms with Crippen molar-refractivity contribution in [2.75, 3.05) is 13.1 Å². The average Bonchev–Trinajstić information content (AvgIpc) is 3.14. The van der Waals surface area contributed by atoms with Gasteiger partial charge in [-0.05, 0) is 67.5 Å². The van der Waals surface area contributed by atoms with Gasteiger partial charge in [0.05, 0.1) is 11.6 Å². The van der Waals surface area contributed by atoms with Crippen LogP contribution in [0.5, 0.6) is 5.75 Å². The highest BCUT2D eigenvalue weighted by Crippen LogP contribution is 2.39. The van der Waals surface area contributed by atoms with E-state index in [1.54, 1.807) is 6.07 Å². The second-order valence-electron chi connectivity index (χ2n) is 8.27. The van der Waals surface area contributed by atoms with Gasteiger partial charge >= 0.3 is 0 Å². The number of hydrogen-bond donors (Lipinski definition) is 1. The smallest absolute Gasteiger partial charge is 0.126 e. The number of halogens is 1. The van der Waals surface area contributed by atoms with E-state index in [2.05, 4.69) is 22.1 Å². The predicted molar refractivity (Wildman–Crippen MR) is 110 cm³/mol. The van der Waals surface area contributed by atoms with Gasteiger partial charge in [0.15, 0.2) is 0 Å². The number of rotatable bonds is 4. The number of aromatic amines is 1. The Morgan fingerprint density at radius 3 is 2.66 bits per heavy atom. The van der Waals surface area contributed by atoms with Gasteiger partial charge in [0, 0.05) is 42.3 Å². The summed E-state index contributed by atoms with van der Waals surface area (Å²) in [7, 11) is 0. The van der Waals surface area contributed by atoms with Crippen LogP contribution in [-0.2, 0) is 0 Å². The lowest BCUT2D eigenvalue weighted by atomic mass is 9.80. The maximum atomic E-state index is 13.3. The minimum atomic E-state index is -0.254. The largest absolute Gasteiger partial charge is 0.488 e. The van der Waals surface area contributed by atoms with E-state index in [1.165, 1.54) is 48.8 Å². The SMILES string of the molecule is N#Cc1ccc2[nH]cc([C@H]3CC[C@@H](N4CC(Oc5cccc(F)c5)C4)CC3)c2c1. The highest BCUT2D eigenvalue weighted by atomic mass is 19.1. The fourth-order valence-electron chi connectivity index (χ4n) is 4.88. The number of nitrogens with zero attached hydrogens (tertiary/aromatic N) is 2. The molecule has 2 aliphatic rings. The van der Waals surface area contributed by atoms with Crippen LogP contribution < -0.4 is 4.74 Å². The first kappa shape index (κ1) is 18.2. The molecule has 2 aromatic carbocycles. The van der Waals surface area contributed by atoms with Crippen LogP contribution in [0.4, 0.5) is 4.39 Å². The average molecular weight is 389 g/mol. The summed E-state index contributed by atoms with van der Waals surface area (Å²) >= 11 is 0. The fourth-order valence-corrected chi connectivity index (χ4v) is 4.88. The van der Waals surface area contributed by atoms with Crippen molar-refractivity contribution < 1.29 is 9.13 Å². The zero-order valence-electron chi connectivity index (χ0n) is 16.3. The Morgan fingerprint density at radius 1 is 1.07 bits per heavy atom. The molecular formula is C24H24FN3O. The second-order valence-corrected chi connectivity index (χ2v) is 8.27. The molecule has 1 aromatic heterocycles. The number of ether oxygens (including phenoxy) is 1. The van der Waals surface area contributed by atoms with Crippen molar-refractivity contribution >= 4 is 10.9 Å². The Kier molecular flexibility index (Phi) is 4.73. The Hall–Kier alpha value is -2.84. The van der Waals surface area contributed by atoms with Crippen LogP contribution in [0.3, 0.4) is 0 Å². The number of fused-ring (bicyclic) bond motifs is 1. The van der Waals surface area contributed by atoms with Crippen molar-refractivity contribution in [3.63, 3.8) is 0 Å². The normalized spacial score (nSPS) is 22.9. The second kappa shape index (κ2) is 7.53. The molecule has 0 atom stereocenters. The molecule has 2 fully saturated rings. The van der Waals surface area contributed by atoms with Crippen LogP contribution in [0.15, 0.2) is 48.7 Å². The summed E-state index contributed by atoms with van der Waals surface area (Å²) in [6.45, 7) is 1.84. The molecule has 148 valence electrons. The van der Waals surface area contributed by atoms with E-state index in [9.17, 15) is 9.65 Å². The number of benzene rings is 2. The summed E-state index contributed by atoms with van der Waals surface area (Å²) in [6.07, 6.45) is 6.99. The van der Waals surface area contributed by atoms with Crippen LogP contribution in [0.1, 0.15) is 42.7 Å². The maximum absolute atomic E-state index is 13.3. The van der Waals surface area contributed by atoms with Gasteiger partial charge in [-0.2, -0.15) is 5.26 Å². The Balaban J connectivity index is 1.16. The van der Waals surface area contributed by atoms with Gasteiger partial charge in [0.25, 0.3) is 0 Å². The number of H-pyrrole nitrogens is 1.